The summed E-state index contributed by atoms with van der Waals surface area (Å²) in [5.74, 6) is 0.817. The minimum absolute atomic E-state index is 0.0498. The van der Waals surface area contributed by atoms with Crippen LogP contribution in [0.1, 0.15) is 24.4 Å². The molecular weight excluding hydrogens is 402 g/mol. The van der Waals surface area contributed by atoms with Crippen molar-refractivity contribution in [1.82, 2.24) is 24.6 Å². The van der Waals surface area contributed by atoms with E-state index in [-0.39, 0.29) is 6.04 Å². The number of carbonyl (C=O) groups is 1. The lowest BCUT2D eigenvalue weighted by atomic mass is 10.1. The van der Waals surface area contributed by atoms with Crippen LogP contribution in [0.25, 0.3) is 22.0 Å². The predicted molar refractivity (Wildman–Crippen MR) is 110 cm³/mol. The second kappa shape index (κ2) is 7.38. The number of carboxylic acid groups (broad SMARTS) is 1. The van der Waals surface area contributed by atoms with Crippen LogP contribution in [-0.4, -0.2) is 48.9 Å². The predicted octanol–water partition coefficient (Wildman–Crippen LogP) is 3.35. The molecule has 5 rings (SSSR count). The van der Waals surface area contributed by atoms with Crippen molar-refractivity contribution in [3.05, 3.63) is 52.8 Å². The van der Waals surface area contributed by atoms with Crippen molar-refractivity contribution in [2.75, 3.05) is 13.1 Å². The number of piperidine rings is 1. The summed E-state index contributed by atoms with van der Waals surface area (Å²) in [6.45, 7) is 2.76. The highest BCUT2D eigenvalue weighted by atomic mass is 16.5. The van der Waals surface area contributed by atoms with Crippen molar-refractivity contribution in [3.8, 4) is 11.6 Å². The lowest BCUT2D eigenvalue weighted by Crippen LogP contribution is -2.38. The number of hydrogen-bond donors (Lipinski definition) is 1. The molecule has 0 spiro atoms. The van der Waals surface area contributed by atoms with Crippen LogP contribution in [0.15, 0.2) is 46.0 Å². The molecule has 158 valence electrons. The quantitative estimate of drug-likeness (QED) is 0.500. The molecule has 31 heavy (non-hydrogen) atoms. The lowest BCUT2D eigenvalue weighted by molar-refractivity contribution is 0.124. The number of amides is 1. The first kappa shape index (κ1) is 19.0. The van der Waals surface area contributed by atoms with Gasteiger partial charge in [-0.3, -0.25) is 0 Å². The molecule has 1 aromatic carbocycles. The van der Waals surface area contributed by atoms with E-state index in [1.54, 1.807) is 18.3 Å². The Morgan fingerprint density at radius 2 is 2.00 bits per heavy atom. The number of rotatable bonds is 3. The second-order valence-electron chi connectivity index (χ2n) is 7.51. The van der Waals surface area contributed by atoms with E-state index in [1.165, 1.54) is 17.3 Å². The summed E-state index contributed by atoms with van der Waals surface area (Å²) in [7, 11) is 0. The van der Waals surface area contributed by atoms with Gasteiger partial charge in [0.15, 0.2) is 5.65 Å². The fourth-order valence-corrected chi connectivity index (χ4v) is 3.97. The molecule has 10 heteroatoms. The zero-order valence-corrected chi connectivity index (χ0v) is 16.7. The Bertz CT molecular complexity index is 1350. The zero-order valence-electron chi connectivity index (χ0n) is 16.7. The van der Waals surface area contributed by atoms with Crippen LogP contribution in [0.5, 0.6) is 11.6 Å². The fourth-order valence-electron chi connectivity index (χ4n) is 3.97. The van der Waals surface area contributed by atoms with E-state index in [1.807, 2.05) is 17.7 Å². The number of ether oxygens (including phenoxy) is 1. The van der Waals surface area contributed by atoms with Gasteiger partial charge in [0.25, 0.3) is 0 Å². The topological polar surface area (TPSA) is 124 Å². The van der Waals surface area contributed by atoms with E-state index < -0.39 is 11.7 Å². The number of aryl methyl sites for hydroxylation is 1. The number of hydrogen-bond acceptors (Lipinski definition) is 7. The van der Waals surface area contributed by atoms with E-state index in [4.69, 9.17) is 14.3 Å². The zero-order chi connectivity index (χ0) is 21.5. The first-order valence-electron chi connectivity index (χ1n) is 9.88. The van der Waals surface area contributed by atoms with E-state index >= 15 is 0 Å². The van der Waals surface area contributed by atoms with Crippen LogP contribution in [-0.2, 0) is 0 Å². The van der Waals surface area contributed by atoms with E-state index in [2.05, 4.69) is 15.1 Å². The van der Waals surface area contributed by atoms with E-state index in [0.717, 1.165) is 10.9 Å². The van der Waals surface area contributed by atoms with E-state index in [9.17, 15) is 9.59 Å². The Morgan fingerprint density at radius 1 is 1.19 bits per heavy atom. The van der Waals surface area contributed by atoms with Gasteiger partial charge in [-0.05, 0) is 37.5 Å². The highest BCUT2D eigenvalue weighted by molar-refractivity contribution is 5.82. The van der Waals surface area contributed by atoms with Gasteiger partial charge in [0.1, 0.15) is 23.0 Å². The van der Waals surface area contributed by atoms with Gasteiger partial charge in [-0.2, -0.15) is 5.10 Å². The molecule has 0 radical (unpaired) electrons. The van der Waals surface area contributed by atoms with Crippen LogP contribution >= 0.6 is 0 Å². The Kier molecular flexibility index (Phi) is 4.54. The minimum Gasteiger partial charge on any atom is -0.465 e. The smallest absolute Gasteiger partial charge is 0.407 e. The maximum Gasteiger partial charge on any atom is 0.407 e. The number of nitrogens with zero attached hydrogens (tertiary/aromatic N) is 5. The molecule has 1 aliphatic rings. The molecular formula is C21H19N5O5. The van der Waals surface area contributed by atoms with Gasteiger partial charge in [-0.1, -0.05) is 0 Å². The minimum atomic E-state index is -0.900. The molecule has 1 aliphatic heterocycles. The SMILES string of the molecule is Cc1cc(=O)oc2cc(Oc3ncnc4c3cnn4C3CCN(C(=O)O)CC3)ccc12. The Hall–Kier alpha value is -3.95. The third kappa shape index (κ3) is 3.45. The average molecular weight is 421 g/mol. The summed E-state index contributed by atoms with van der Waals surface area (Å²) in [6.07, 6.45) is 3.48. The molecule has 1 amide bonds. The highest BCUT2D eigenvalue weighted by Gasteiger charge is 2.26. The summed E-state index contributed by atoms with van der Waals surface area (Å²) in [6, 6.07) is 6.78. The maximum atomic E-state index is 11.7. The van der Waals surface area contributed by atoms with Gasteiger partial charge >= 0.3 is 11.7 Å². The standard InChI is InChI=1S/C21H19N5O5/c1-12-8-18(27)31-17-9-14(2-3-15(12)17)30-20-16-10-24-26(19(16)22-11-23-20)13-4-6-25(7-5-13)21(28)29/h2-3,8-11,13H,4-7H2,1H3,(H,28,29). The van der Waals surface area contributed by atoms with Crippen molar-refractivity contribution >= 4 is 28.1 Å². The third-order valence-electron chi connectivity index (χ3n) is 5.57. The van der Waals surface area contributed by atoms with Crippen LogP contribution in [0.2, 0.25) is 0 Å². The second-order valence-corrected chi connectivity index (χ2v) is 7.51. The molecule has 0 saturated carbocycles. The first-order valence-corrected chi connectivity index (χ1v) is 9.88. The Labute approximate surface area is 175 Å². The maximum absolute atomic E-state index is 11.7. The van der Waals surface area contributed by atoms with Crippen molar-refractivity contribution in [2.45, 2.75) is 25.8 Å². The van der Waals surface area contributed by atoms with Gasteiger partial charge < -0.3 is 19.2 Å². The molecule has 1 fully saturated rings. The lowest BCUT2D eigenvalue weighted by Gasteiger charge is -2.30. The Morgan fingerprint density at radius 3 is 2.77 bits per heavy atom. The van der Waals surface area contributed by atoms with Gasteiger partial charge in [0, 0.05) is 30.6 Å². The highest BCUT2D eigenvalue weighted by Crippen LogP contribution is 2.31. The van der Waals surface area contributed by atoms with Crippen LogP contribution in [0, 0.1) is 6.92 Å². The number of likely N-dealkylation sites (tertiary alicyclic amines) is 1. The third-order valence-corrected chi connectivity index (χ3v) is 5.57. The molecule has 3 aromatic heterocycles. The number of benzene rings is 1. The molecule has 1 saturated heterocycles. The number of fused-ring (bicyclic) bond motifs is 2. The molecule has 10 nitrogen and oxygen atoms in total. The fraction of sp³-hybridized carbons (Fsp3) is 0.286. The number of aromatic nitrogens is 4. The van der Waals surface area contributed by atoms with Crippen molar-refractivity contribution in [1.29, 1.82) is 0 Å². The van der Waals surface area contributed by atoms with Gasteiger partial charge in [-0.15, -0.1) is 0 Å². The van der Waals surface area contributed by atoms with E-state index in [0.29, 0.717) is 54.2 Å². The van der Waals surface area contributed by atoms with Crippen molar-refractivity contribution in [2.24, 2.45) is 0 Å². The van der Waals surface area contributed by atoms with Crippen LogP contribution in [0.4, 0.5) is 4.79 Å². The van der Waals surface area contributed by atoms with Gasteiger partial charge in [0.2, 0.25) is 5.88 Å². The normalized spacial score (nSPS) is 14.9. The summed E-state index contributed by atoms with van der Waals surface area (Å²) >= 11 is 0. The van der Waals surface area contributed by atoms with Crippen LogP contribution < -0.4 is 10.4 Å². The summed E-state index contributed by atoms with van der Waals surface area (Å²) in [5.41, 5.74) is 1.48. The Balaban J connectivity index is 1.45. The average Bonchev–Trinajstić information content (AvgIpc) is 3.18. The summed E-state index contributed by atoms with van der Waals surface area (Å²) in [4.78, 5) is 32.8. The molecule has 0 atom stereocenters. The largest absolute Gasteiger partial charge is 0.465 e. The molecule has 4 heterocycles. The van der Waals surface area contributed by atoms with Gasteiger partial charge in [-0.25, -0.2) is 24.2 Å². The summed E-state index contributed by atoms with van der Waals surface area (Å²) in [5, 5.41) is 15.1. The molecule has 0 aliphatic carbocycles. The van der Waals surface area contributed by atoms with Crippen molar-refractivity contribution in [3.63, 3.8) is 0 Å². The molecule has 1 N–H and O–H groups in total. The molecule has 0 unspecified atom stereocenters. The molecule has 0 bridgehead atoms. The van der Waals surface area contributed by atoms with Crippen molar-refractivity contribution < 1.29 is 19.1 Å². The summed E-state index contributed by atoms with van der Waals surface area (Å²) < 4.78 is 13.1. The first-order chi connectivity index (χ1) is 15.0. The monoisotopic (exact) mass is 421 g/mol. The van der Waals surface area contributed by atoms with Crippen LogP contribution in [0.3, 0.4) is 0 Å². The molecule has 4 aromatic rings. The van der Waals surface area contributed by atoms with Gasteiger partial charge in [0.05, 0.1) is 12.2 Å².